The molecule has 1 aromatic carbocycles. The lowest BCUT2D eigenvalue weighted by Crippen LogP contribution is -2.15. The van der Waals surface area contributed by atoms with Crippen LogP contribution in [0.25, 0.3) is 10.2 Å². The highest BCUT2D eigenvalue weighted by Crippen LogP contribution is 2.30. The van der Waals surface area contributed by atoms with Gasteiger partial charge in [0.1, 0.15) is 22.1 Å². The van der Waals surface area contributed by atoms with E-state index in [0.29, 0.717) is 10.4 Å². The summed E-state index contributed by atoms with van der Waals surface area (Å²) in [5.41, 5.74) is -0.431. The Labute approximate surface area is 194 Å². The van der Waals surface area contributed by atoms with E-state index in [9.17, 15) is 29.6 Å². The van der Waals surface area contributed by atoms with Crippen LogP contribution < -0.4 is 10.9 Å². The van der Waals surface area contributed by atoms with Gasteiger partial charge in [0.2, 0.25) is 5.91 Å². The minimum atomic E-state index is -0.654. The number of phenols is 1. The molecule has 0 saturated carbocycles. The number of aromatic nitrogens is 2. The summed E-state index contributed by atoms with van der Waals surface area (Å²) in [6, 6.07) is 3.24. The van der Waals surface area contributed by atoms with E-state index >= 15 is 0 Å². The third-order valence-electron chi connectivity index (χ3n) is 4.29. The van der Waals surface area contributed by atoms with Gasteiger partial charge in [-0.25, -0.2) is 9.78 Å². The van der Waals surface area contributed by atoms with Crippen LogP contribution in [0.3, 0.4) is 0 Å². The number of aromatic hydroxyl groups is 1. The van der Waals surface area contributed by atoms with Crippen LogP contribution in [0.2, 0.25) is 0 Å². The fourth-order valence-electron chi connectivity index (χ4n) is 2.73. The number of thioether (sulfide) groups is 1. The van der Waals surface area contributed by atoms with Crippen molar-refractivity contribution in [2.45, 2.75) is 12.1 Å². The van der Waals surface area contributed by atoms with Gasteiger partial charge >= 0.3 is 5.97 Å². The maximum Gasteiger partial charge on any atom is 0.348 e. The number of esters is 1. The molecule has 3 rings (SSSR count). The highest BCUT2D eigenvalue weighted by molar-refractivity contribution is 7.99. The molecule has 0 unspecified atom stereocenters. The zero-order valence-corrected chi connectivity index (χ0v) is 19.0. The van der Waals surface area contributed by atoms with Crippen LogP contribution >= 0.6 is 23.1 Å². The molecule has 0 aliphatic carbocycles. The van der Waals surface area contributed by atoms with Crippen molar-refractivity contribution in [1.29, 1.82) is 0 Å². The molecule has 174 valence electrons. The Bertz CT molecular complexity index is 1290. The maximum atomic E-state index is 12.5. The van der Waals surface area contributed by atoms with Gasteiger partial charge in [0.25, 0.3) is 11.2 Å². The quantitative estimate of drug-likeness (QED) is 0.0762. The number of carbonyl (C=O) groups excluding carboxylic acids is 2. The third kappa shape index (κ3) is 5.66. The standard InChI is InChI=1S/C19H18N4O8S2/c1-9-14-16(26)21-19(22-17(14)33-15(9)18(27)31-6-5-30-2)32-8-13(25)20-11-7-10(23(28)29)3-4-12(11)24/h3-4,7,24H,5-6,8H2,1-2H3,(H,20,25)(H,21,22,26). The first-order chi connectivity index (χ1) is 15.7. The number of aryl methyl sites for hydroxylation is 1. The Kier molecular flexibility index (Phi) is 7.63. The van der Waals surface area contributed by atoms with E-state index in [-0.39, 0.29) is 51.5 Å². The van der Waals surface area contributed by atoms with Crippen LogP contribution in [0.1, 0.15) is 15.2 Å². The van der Waals surface area contributed by atoms with E-state index in [1.165, 1.54) is 7.11 Å². The summed E-state index contributed by atoms with van der Waals surface area (Å²) >= 11 is 1.92. The number of hydrogen-bond donors (Lipinski definition) is 3. The Balaban J connectivity index is 1.73. The molecule has 0 saturated heterocycles. The number of nitro groups is 1. The molecule has 3 aromatic rings. The van der Waals surface area contributed by atoms with Crippen LogP contribution in [0.15, 0.2) is 28.2 Å². The molecule has 0 fully saturated rings. The van der Waals surface area contributed by atoms with Gasteiger partial charge in [0.15, 0.2) is 5.16 Å². The number of hydrogen-bond acceptors (Lipinski definition) is 11. The monoisotopic (exact) mass is 494 g/mol. The molecule has 0 atom stereocenters. The number of aromatic amines is 1. The number of amides is 1. The van der Waals surface area contributed by atoms with Gasteiger partial charge in [-0.15, -0.1) is 11.3 Å². The molecule has 0 bridgehead atoms. The van der Waals surface area contributed by atoms with E-state index in [0.717, 1.165) is 41.3 Å². The van der Waals surface area contributed by atoms with Gasteiger partial charge in [-0.2, -0.15) is 0 Å². The van der Waals surface area contributed by atoms with Gasteiger partial charge < -0.3 is 24.9 Å². The lowest BCUT2D eigenvalue weighted by molar-refractivity contribution is -0.384. The zero-order valence-electron chi connectivity index (χ0n) is 17.4. The molecule has 0 aliphatic heterocycles. The Morgan fingerprint density at radius 2 is 2.12 bits per heavy atom. The number of thiophene rings is 1. The van der Waals surface area contributed by atoms with E-state index < -0.39 is 22.4 Å². The van der Waals surface area contributed by atoms with Crippen LogP contribution in [-0.4, -0.2) is 58.0 Å². The lowest BCUT2D eigenvalue weighted by Gasteiger charge is -2.07. The normalized spacial score (nSPS) is 10.8. The maximum absolute atomic E-state index is 12.5. The average Bonchev–Trinajstić information content (AvgIpc) is 3.10. The number of phenolic OH excluding ortho intramolecular Hbond substituents is 1. The summed E-state index contributed by atoms with van der Waals surface area (Å²) in [5.74, 6) is -1.70. The molecular formula is C19H18N4O8S2. The predicted molar refractivity (Wildman–Crippen MR) is 121 cm³/mol. The highest BCUT2D eigenvalue weighted by atomic mass is 32.2. The number of non-ortho nitro benzene ring substituents is 1. The number of ether oxygens (including phenoxy) is 2. The SMILES string of the molecule is COCCOC(=O)c1sc2nc(SCC(=O)Nc3cc([N+](=O)[O-])ccc3O)[nH]c(=O)c2c1C. The minimum absolute atomic E-state index is 0.0726. The number of fused-ring (bicyclic) bond motifs is 1. The van der Waals surface area contributed by atoms with Gasteiger partial charge in [-0.3, -0.25) is 19.7 Å². The molecule has 0 aliphatic rings. The number of H-pyrrole nitrogens is 1. The van der Waals surface area contributed by atoms with Gasteiger partial charge in [-0.05, 0) is 18.6 Å². The van der Waals surface area contributed by atoms with Crippen molar-refractivity contribution in [3.63, 3.8) is 0 Å². The molecule has 0 radical (unpaired) electrons. The van der Waals surface area contributed by atoms with E-state index in [1.807, 2.05) is 0 Å². The first-order valence-corrected chi connectivity index (χ1v) is 11.1. The largest absolute Gasteiger partial charge is 0.506 e. The molecule has 33 heavy (non-hydrogen) atoms. The minimum Gasteiger partial charge on any atom is -0.506 e. The molecule has 14 heteroatoms. The average molecular weight is 495 g/mol. The Morgan fingerprint density at radius 3 is 2.82 bits per heavy atom. The summed E-state index contributed by atoms with van der Waals surface area (Å²) in [6.07, 6.45) is 0. The van der Waals surface area contributed by atoms with Crippen LogP contribution in [0, 0.1) is 17.0 Å². The van der Waals surface area contributed by atoms with Gasteiger partial charge in [0, 0.05) is 19.2 Å². The van der Waals surface area contributed by atoms with Crippen molar-refractivity contribution in [1.82, 2.24) is 9.97 Å². The van der Waals surface area contributed by atoms with Crippen LogP contribution in [-0.2, 0) is 14.3 Å². The lowest BCUT2D eigenvalue weighted by atomic mass is 10.2. The van der Waals surface area contributed by atoms with Gasteiger partial charge in [-0.1, -0.05) is 11.8 Å². The fourth-order valence-corrected chi connectivity index (χ4v) is 4.52. The van der Waals surface area contributed by atoms with Crippen LogP contribution in [0.5, 0.6) is 5.75 Å². The van der Waals surface area contributed by atoms with Crippen molar-refractivity contribution in [2.24, 2.45) is 0 Å². The summed E-state index contributed by atoms with van der Waals surface area (Å²) in [6.45, 7) is 1.93. The molecule has 1 amide bonds. The smallest absolute Gasteiger partial charge is 0.348 e. The first kappa shape index (κ1) is 24.2. The Hall–Kier alpha value is -3.49. The molecule has 2 heterocycles. The number of nitrogens with one attached hydrogen (secondary N) is 2. The second-order valence-corrected chi connectivity index (χ2v) is 8.49. The van der Waals surface area contributed by atoms with E-state index in [1.54, 1.807) is 6.92 Å². The predicted octanol–water partition coefficient (Wildman–Crippen LogP) is 2.44. The van der Waals surface area contributed by atoms with Crippen molar-refractivity contribution >= 4 is 56.6 Å². The van der Waals surface area contributed by atoms with Crippen molar-refractivity contribution in [2.75, 3.05) is 31.4 Å². The van der Waals surface area contributed by atoms with Crippen molar-refractivity contribution < 1.29 is 29.1 Å². The van der Waals surface area contributed by atoms with Crippen molar-refractivity contribution in [3.8, 4) is 5.75 Å². The summed E-state index contributed by atoms with van der Waals surface area (Å²) in [4.78, 5) is 54.7. The summed E-state index contributed by atoms with van der Waals surface area (Å²) in [7, 11) is 1.48. The highest BCUT2D eigenvalue weighted by Gasteiger charge is 2.21. The van der Waals surface area contributed by atoms with E-state index in [4.69, 9.17) is 9.47 Å². The Morgan fingerprint density at radius 1 is 1.36 bits per heavy atom. The molecule has 0 spiro atoms. The number of rotatable bonds is 9. The number of nitrogens with zero attached hydrogens (tertiary/aromatic N) is 2. The number of nitro benzene ring substituents is 1. The van der Waals surface area contributed by atoms with Gasteiger partial charge in [0.05, 0.1) is 28.4 Å². The molecule has 3 N–H and O–H groups in total. The number of carbonyl (C=O) groups is 2. The third-order valence-corrected chi connectivity index (χ3v) is 6.33. The molecule has 2 aromatic heterocycles. The van der Waals surface area contributed by atoms with E-state index in [2.05, 4.69) is 15.3 Å². The molecule has 12 nitrogen and oxygen atoms in total. The topological polar surface area (TPSA) is 174 Å². The summed E-state index contributed by atoms with van der Waals surface area (Å²) < 4.78 is 9.94. The van der Waals surface area contributed by atoms with Crippen molar-refractivity contribution in [3.05, 3.63) is 49.1 Å². The summed E-state index contributed by atoms with van der Waals surface area (Å²) in [5, 5.41) is 23.4. The second-order valence-electron chi connectivity index (χ2n) is 6.53. The first-order valence-electron chi connectivity index (χ1n) is 9.30. The number of methoxy groups -OCH3 is 1. The fraction of sp³-hybridized carbons (Fsp3) is 0.263. The number of benzene rings is 1. The second kappa shape index (κ2) is 10.4. The zero-order chi connectivity index (χ0) is 24.1. The van der Waals surface area contributed by atoms with Crippen LogP contribution in [0.4, 0.5) is 11.4 Å². The number of anilines is 1. The molecular weight excluding hydrogens is 476 g/mol.